The van der Waals surface area contributed by atoms with E-state index in [1.807, 2.05) is 41.3 Å². The summed E-state index contributed by atoms with van der Waals surface area (Å²) in [7, 11) is 0. The van der Waals surface area contributed by atoms with E-state index in [0.717, 1.165) is 24.5 Å². The van der Waals surface area contributed by atoms with Crippen LogP contribution in [0.15, 0.2) is 65.2 Å². The molecule has 132 valence electrons. The molecule has 6 heteroatoms. The second-order valence-electron chi connectivity index (χ2n) is 6.11. The van der Waals surface area contributed by atoms with Crippen molar-refractivity contribution < 1.29 is 9.21 Å². The number of aromatic nitrogens is 1. The van der Waals surface area contributed by atoms with Crippen molar-refractivity contribution in [3.63, 3.8) is 0 Å². The summed E-state index contributed by atoms with van der Waals surface area (Å²) in [5.74, 6) is 1.79. The van der Waals surface area contributed by atoms with Crippen LogP contribution in [-0.2, 0) is 0 Å². The van der Waals surface area contributed by atoms with Crippen LogP contribution in [-0.4, -0.2) is 42.0 Å². The summed E-state index contributed by atoms with van der Waals surface area (Å²) in [4.78, 5) is 21.1. The van der Waals surface area contributed by atoms with Gasteiger partial charge in [-0.25, -0.2) is 4.98 Å². The lowest BCUT2D eigenvalue weighted by Crippen LogP contribution is -2.49. The van der Waals surface area contributed by atoms with Crippen LogP contribution < -0.4 is 4.90 Å². The Morgan fingerprint density at radius 3 is 2.46 bits per heavy atom. The van der Waals surface area contributed by atoms with Crippen molar-refractivity contribution >= 4 is 23.3 Å². The zero-order valence-electron chi connectivity index (χ0n) is 14.1. The number of anilines is 1. The monoisotopic (exact) mass is 367 g/mol. The Kier molecular flexibility index (Phi) is 4.63. The predicted octanol–water partition coefficient (Wildman–Crippen LogP) is 3.96. The Balaban J connectivity index is 1.44. The maximum absolute atomic E-state index is 12.7. The van der Waals surface area contributed by atoms with Crippen molar-refractivity contribution in [1.82, 2.24) is 9.88 Å². The number of rotatable bonds is 3. The molecule has 1 amide bonds. The zero-order chi connectivity index (χ0) is 17.9. The number of carbonyl (C=O) groups is 1. The molecule has 1 aliphatic rings. The lowest BCUT2D eigenvalue weighted by molar-refractivity contribution is 0.0715. The van der Waals surface area contributed by atoms with E-state index in [4.69, 9.17) is 16.0 Å². The molecular weight excluding hydrogens is 350 g/mol. The number of carbonyl (C=O) groups excluding carboxylic acids is 1. The van der Waals surface area contributed by atoms with Crippen LogP contribution in [0.5, 0.6) is 0 Å². The van der Waals surface area contributed by atoms with Gasteiger partial charge >= 0.3 is 0 Å². The smallest absolute Gasteiger partial charge is 0.289 e. The molecule has 1 aliphatic heterocycles. The molecule has 3 heterocycles. The van der Waals surface area contributed by atoms with Gasteiger partial charge < -0.3 is 14.2 Å². The van der Waals surface area contributed by atoms with Crippen molar-refractivity contribution in [3.05, 3.63) is 71.6 Å². The van der Waals surface area contributed by atoms with Crippen LogP contribution in [0.1, 0.15) is 10.6 Å². The molecule has 0 spiro atoms. The van der Waals surface area contributed by atoms with E-state index in [1.54, 1.807) is 24.4 Å². The number of nitrogens with zero attached hydrogens (tertiary/aromatic N) is 3. The Morgan fingerprint density at radius 1 is 0.962 bits per heavy atom. The number of pyridine rings is 1. The highest BCUT2D eigenvalue weighted by Gasteiger charge is 2.25. The molecule has 1 fully saturated rings. The van der Waals surface area contributed by atoms with Gasteiger partial charge in [-0.1, -0.05) is 29.8 Å². The van der Waals surface area contributed by atoms with Crippen molar-refractivity contribution in [1.29, 1.82) is 0 Å². The van der Waals surface area contributed by atoms with Crippen LogP contribution >= 0.6 is 11.6 Å². The second-order valence-corrected chi connectivity index (χ2v) is 6.52. The van der Waals surface area contributed by atoms with Gasteiger partial charge in [-0.05, 0) is 36.4 Å². The van der Waals surface area contributed by atoms with Crippen LogP contribution in [0.3, 0.4) is 0 Å². The average Bonchev–Trinajstić information content (AvgIpc) is 3.18. The van der Waals surface area contributed by atoms with Gasteiger partial charge in [0.15, 0.2) is 5.76 Å². The van der Waals surface area contributed by atoms with Gasteiger partial charge in [0.25, 0.3) is 5.91 Å². The van der Waals surface area contributed by atoms with Gasteiger partial charge in [-0.15, -0.1) is 0 Å². The van der Waals surface area contributed by atoms with Gasteiger partial charge in [-0.2, -0.15) is 0 Å². The first-order valence-electron chi connectivity index (χ1n) is 8.52. The summed E-state index contributed by atoms with van der Waals surface area (Å²) < 4.78 is 5.78. The SMILES string of the molecule is O=C(c1ccc(-c2ccccc2Cl)o1)N1CCN(c2ccccn2)CC1. The number of hydrogen-bond acceptors (Lipinski definition) is 4. The summed E-state index contributed by atoms with van der Waals surface area (Å²) in [6, 6.07) is 16.8. The number of amides is 1. The fourth-order valence-corrected chi connectivity index (χ4v) is 3.32. The highest BCUT2D eigenvalue weighted by Crippen LogP contribution is 2.29. The number of benzene rings is 1. The molecule has 0 bridgehead atoms. The average molecular weight is 368 g/mol. The molecule has 4 rings (SSSR count). The Bertz CT molecular complexity index is 902. The molecule has 1 aromatic carbocycles. The minimum absolute atomic E-state index is 0.0935. The van der Waals surface area contributed by atoms with Crippen molar-refractivity contribution in [2.75, 3.05) is 31.1 Å². The van der Waals surface area contributed by atoms with Crippen LogP contribution in [0, 0.1) is 0 Å². The minimum atomic E-state index is -0.0935. The number of hydrogen-bond donors (Lipinski definition) is 0. The van der Waals surface area contributed by atoms with E-state index in [9.17, 15) is 4.79 Å². The van der Waals surface area contributed by atoms with E-state index in [-0.39, 0.29) is 5.91 Å². The molecule has 0 radical (unpaired) electrons. The quantitative estimate of drug-likeness (QED) is 0.703. The van der Waals surface area contributed by atoms with Crippen molar-refractivity contribution in [3.8, 4) is 11.3 Å². The molecule has 0 atom stereocenters. The molecule has 5 nitrogen and oxygen atoms in total. The highest BCUT2D eigenvalue weighted by atomic mass is 35.5. The molecule has 3 aromatic rings. The molecular formula is C20H18ClN3O2. The molecule has 0 saturated carbocycles. The number of halogens is 1. The first-order chi connectivity index (χ1) is 12.7. The maximum Gasteiger partial charge on any atom is 0.289 e. The second kappa shape index (κ2) is 7.22. The third-order valence-electron chi connectivity index (χ3n) is 4.50. The predicted molar refractivity (Wildman–Crippen MR) is 102 cm³/mol. The third kappa shape index (κ3) is 3.30. The maximum atomic E-state index is 12.7. The summed E-state index contributed by atoms with van der Waals surface area (Å²) in [5.41, 5.74) is 0.785. The standard InChI is InChI=1S/C20H18ClN3O2/c21-16-6-2-1-5-15(16)17-8-9-18(26-17)20(25)24-13-11-23(12-14-24)19-7-3-4-10-22-19/h1-10H,11-14H2. The minimum Gasteiger partial charge on any atom is -0.451 e. The Labute approximate surface area is 156 Å². The van der Waals surface area contributed by atoms with E-state index in [0.29, 0.717) is 29.6 Å². The summed E-state index contributed by atoms with van der Waals surface area (Å²) in [6.07, 6.45) is 1.78. The Hall–Kier alpha value is -2.79. The van der Waals surface area contributed by atoms with Crippen LogP contribution in [0.25, 0.3) is 11.3 Å². The molecule has 26 heavy (non-hydrogen) atoms. The van der Waals surface area contributed by atoms with E-state index in [1.165, 1.54) is 0 Å². The molecule has 0 N–H and O–H groups in total. The van der Waals surface area contributed by atoms with Gasteiger partial charge in [0, 0.05) is 37.9 Å². The van der Waals surface area contributed by atoms with Gasteiger partial charge in [0.1, 0.15) is 11.6 Å². The molecule has 0 unspecified atom stereocenters. The van der Waals surface area contributed by atoms with Crippen molar-refractivity contribution in [2.45, 2.75) is 0 Å². The zero-order valence-corrected chi connectivity index (χ0v) is 14.9. The number of piperazine rings is 1. The largest absolute Gasteiger partial charge is 0.451 e. The molecule has 0 aliphatic carbocycles. The summed E-state index contributed by atoms with van der Waals surface area (Å²) in [5, 5.41) is 0.602. The van der Waals surface area contributed by atoms with Crippen LogP contribution in [0.2, 0.25) is 5.02 Å². The van der Waals surface area contributed by atoms with Crippen LogP contribution in [0.4, 0.5) is 5.82 Å². The molecule has 2 aromatic heterocycles. The van der Waals surface area contributed by atoms with Gasteiger partial charge in [-0.3, -0.25) is 4.79 Å². The number of furan rings is 1. The first kappa shape index (κ1) is 16.7. The fraction of sp³-hybridized carbons (Fsp3) is 0.200. The lowest BCUT2D eigenvalue weighted by atomic mass is 10.2. The van der Waals surface area contributed by atoms with E-state index in [2.05, 4.69) is 9.88 Å². The van der Waals surface area contributed by atoms with Gasteiger partial charge in [0.2, 0.25) is 0 Å². The highest BCUT2D eigenvalue weighted by molar-refractivity contribution is 6.33. The van der Waals surface area contributed by atoms with Crippen molar-refractivity contribution in [2.24, 2.45) is 0 Å². The van der Waals surface area contributed by atoms with E-state index < -0.39 is 0 Å². The van der Waals surface area contributed by atoms with Gasteiger partial charge in [0.05, 0.1) is 5.02 Å². The third-order valence-corrected chi connectivity index (χ3v) is 4.83. The first-order valence-corrected chi connectivity index (χ1v) is 8.90. The lowest BCUT2D eigenvalue weighted by Gasteiger charge is -2.34. The topological polar surface area (TPSA) is 49.6 Å². The molecule has 1 saturated heterocycles. The normalized spacial score (nSPS) is 14.5. The van der Waals surface area contributed by atoms with E-state index >= 15 is 0 Å². The summed E-state index contributed by atoms with van der Waals surface area (Å²) >= 11 is 6.20. The Morgan fingerprint density at radius 2 is 1.73 bits per heavy atom. The summed E-state index contributed by atoms with van der Waals surface area (Å²) in [6.45, 7) is 2.77. The fourth-order valence-electron chi connectivity index (χ4n) is 3.09.